The van der Waals surface area contributed by atoms with Gasteiger partial charge in [-0.15, -0.1) is 23.1 Å². The van der Waals surface area contributed by atoms with Crippen LogP contribution >= 0.6 is 34.7 Å². The van der Waals surface area contributed by atoms with Crippen molar-refractivity contribution in [2.24, 2.45) is 0 Å². The molecule has 0 aliphatic rings. The van der Waals surface area contributed by atoms with E-state index < -0.39 is 5.97 Å². The summed E-state index contributed by atoms with van der Waals surface area (Å²) in [5.41, 5.74) is 3.00. The van der Waals surface area contributed by atoms with E-state index in [0.717, 1.165) is 15.5 Å². The number of hydrogen-bond donors (Lipinski definition) is 0. The van der Waals surface area contributed by atoms with Crippen LogP contribution in [-0.2, 0) is 16.0 Å². The van der Waals surface area contributed by atoms with Gasteiger partial charge in [0.15, 0.2) is 12.4 Å². The fraction of sp³-hybridized carbons (Fsp3) is 0.250. The molecule has 3 rings (SSSR count). The van der Waals surface area contributed by atoms with Gasteiger partial charge in [-0.25, -0.2) is 0 Å². The van der Waals surface area contributed by atoms with Crippen LogP contribution in [0.3, 0.4) is 0 Å². The molecule has 0 spiro atoms. The van der Waals surface area contributed by atoms with E-state index >= 15 is 0 Å². The summed E-state index contributed by atoms with van der Waals surface area (Å²) in [5.74, 6) is 0.0224. The van der Waals surface area contributed by atoms with Crippen molar-refractivity contribution in [2.75, 3.05) is 12.4 Å². The number of pyridine rings is 1. The van der Waals surface area contributed by atoms with Crippen LogP contribution in [0.4, 0.5) is 0 Å². The number of hydrogen-bond acceptors (Lipinski definition) is 6. The molecule has 0 saturated heterocycles. The summed E-state index contributed by atoms with van der Waals surface area (Å²) in [6, 6.07) is 12.8. The summed E-state index contributed by atoms with van der Waals surface area (Å²) >= 11 is 8.84. The van der Waals surface area contributed by atoms with E-state index in [1.807, 2.05) is 36.0 Å². The molecule has 0 amide bonds. The highest BCUT2D eigenvalue weighted by molar-refractivity contribution is 8.01. The molecule has 0 radical (unpaired) electrons. The fourth-order valence-corrected chi connectivity index (χ4v) is 5.69. The lowest BCUT2D eigenvalue weighted by Gasteiger charge is -2.06. The lowest BCUT2D eigenvalue weighted by molar-refractivity contribution is -0.598. The number of esters is 1. The summed E-state index contributed by atoms with van der Waals surface area (Å²) in [7, 11) is 0. The molecule has 164 valence electrons. The maximum Gasteiger partial charge on any atom is 0.310 e. The molecule has 8 heteroatoms. The SMILES string of the molecule is CCOC(=O)Cc1c(C(=O)c2ccc(Cl)cc2)sc(SCCC#N)c1-[n+]1ccc(C)cc1. The molecule has 0 fully saturated rings. The highest BCUT2D eigenvalue weighted by atomic mass is 35.5. The monoisotopic (exact) mass is 485 g/mol. The molecule has 3 aromatic rings. The number of nitrogens with zero attached hydrogens (tertiary/aromatic N) is 2. The average Bonchev–Trinajstić information content (AvgIpc) is 3.12. The van der Waals surface area contributed by atoms with Crippen molar-refractivity contribution >= 4 is 46.5 Å². The Hall–Kier alpha value is -2.66. The Morgan fingerprint density at radius 3 is 2.50 bits per heavy atom. The van der Waals surface area contributed by atoms with E-state index in [1.54, 1.807) is 31.2 Å². The van der Waals surface area contributed by atoms with Gasteiger partial charge in [0.25, 0.3) is 0 Å². The molecule has 2 aromatic heterocycles. The maximum atomic E-state index is 13.4. The first-order valence-corrected chi connectivity index (χ1v) is 12.2. The van der Waals surface area contributed by atoms with E-state index in [2.05, 4.69) is 6.07 Å². The topological polar surface area (TPSA) is 71.0 Å². The van der Waals surface area contributed by atoms with Crippen LogP contribution < -0.4 is 4.57 Å². The lowest BCUT2D eigenvalue weighted by Crippen LogP contribution is -2.31. The number of benzene rings is 1. The van der Waals surface area contributed by atoms with Gasteiger partial charge in [-0.05, 0) is 43.7 Å². The van der Waals surface area contributed by atoms with Crippen molar-refractivity contribution in [1.29, 1.82) is 5.26 Å². The summed E-state index contributed by atoms with van der Waals surface area (Å²) in [6.07, 6.45) is 4.19. The van der Waals surface area contributed by atoms with Crippen molar-refractivity contribution in [1.82, 2.24) is 0 Å². The molecule has 1 aromatic carbocycles. The van der Waals surface area contributed by atoms with Crippen molar-refractivity contribution in [3.63, 3.8) is 0 Å². The van der Waals surface area contributed by atoms with Crippen molar-refractivity contribution in [3.8, 4) is 11.8 Å². The summed E-state index contributed by atoms with van der Waals surface area (Å²) in [4.78, 5) is 26.4. The second-order valence-corrected chi connectivity index (χ2v) is 9.72. The number of thiophene rings is 1. The quantitative estimate of drug-likeness (QED) is 0.135. The summed E-state index contributed by atoms with van der Waals surface area (Å²) in [5, 5.41) is 9.51. The minimum Gasteiger partial charge on any atom is -0.466 e. The van der Waals surface area contributed by atoms with Gasteiger partial charge in [0.1, 0.15) is 4.21 Å². The number of halogens is 1. The number of carbonyl (C=O) groups excluding carboxylic acids is 2. The van der Waals surface area contributed by atoms with Crippen LogP contribution in [-0.4, -0.2) is 24.1 Å². The third kappa shape index (κ3) is 5.77. The van der Waals surface area contributed by atoms with Gasteiger partial charge in [-0.1, -0.05) is 11.6 Å². The molecular formula is C24H22ClN2O3S2+. The molecule has 5 nitrogen and oxygen atoms in total. The van der Waals surface area contributed by atoms with Crippen LogP contribution in [0.15, 0.2) is 53.0 Å². The van der Waals surface area contributed by atoms with Gasteiger partial charge in [-0.3, -0.25) is 9.59 Å². The molecular weight excluding hydrogens is 464 g/mol. The zero-order chi connectivity index (χ0) is 23.1. The predicted molar refractivity (Wildman–Crippen MR) is 127 cm³/mol. The van der Waals surface area contributed by atoms with Gasteiger partial charge in [0, 0.05) is 34.9 Å². The Kier molecular flexibility index (Phi) is 8.46. The number of aryl methyl sites for hydroxylation is 1. The predicted octanol–water partition coefficient (Wildman–Crippen LogP) is 5.33. The zero-order valence-corrected chi connectivity index (χ0v) is 20.1. The fourth-order valence-electron chi connectivity index (χ4n) is 3.07. The maximum absolute atomic E-state index is 13.4. The molecule has 0 N–H and O–H groups in total. The Labute approximate surface area is 200 Å². The first-order chi connectivity index (χ1) is 15.4. The Morgan fingerprint density at radius 2 is 1.88 bits per heavy atom. The second kappa shape index (κ2) is 11.3. The third-order valence-corrected chi connectivity index (χ3v) is 7.32. The zero-order valence-electron chi connectivity index (χ0n) is 17.8. The smallest absolute Gasteiger partial charge is 0.310 e. The van der Waals surface area contributed by atoms with Crippen LogP contribution in [0, 0.1) is 18.3 Å². The third-order valence-electron chi connectivity index (χ3n) is 4.59. The number of ether oxygens (including phenoxy) is 1. The molecule has 32 heavy (non-hydrogen) atoms. The normalized spacial score (nSPS) is 10.6. The Morgan fingerprint density at radius 1 is 1.19 bits per heavy atom. The second-order valence-electron chi connectivity index (χ2n) is 6.90. The van der Waals surface area contributed by atoms with Gasteiger partial charge in [-0.2, -0.15) is 9.83 Å². The summed E-state index contributed by atoms with van der Waals surface area (Å²) in [6.45, 7) is 4.01. The van der Waals surface area contributed by atoms with Crippen LogP contribution in [0.1, 0.15) is 39.7 Å². The molecule has 2 heterocycles. The molecule has 0 saturated carbocycles. The van der Waals surface area contributed by atoms with Crippen molar-refractivity contribution in [2.45, 2.75) is 30.9 Å². The Balaban J connectivity index is 2.17. The molecule has 0 unspecified atom stereocenters. The number of rotatable bonds is 9. The molecule has 0 aliphatic carbocycles. The number of thioether (sulfide) groups is 1. The van der Waals surface area contributed by atoms with Crippen molar-refractivity contribution < 1.29 is 18.9 Å². The standard InChI is InChI=1S/C24H22ClN2O3S2/c1-3-30-20(28)15-19-21(27-12-9-16(2)10-13-27)24(31-14-4-11-26)32-23(19)22(29)17-5-7-18(25)8-6-17/h5-10,12-13H,3-4,14-15H2,1-2H3/q+1. The van der Waals surface area contributed by atoms with Gasteiger partial charge in [0.05, 0.1) is 29.5 Å². The largest absolute Gasteiger partial charge is 0.466 e. The molecule has 0 aliphatic heterocycles. The van der Waals surface area contributed by atoms with Crippen LogP contribution in [0.25, 0.3) is 5.69 Å². The van der Waals surface area contributed by atoms with E-state index in [9.17, 15) is 9.59 Å². The van der Waals surface area contributed by atoms with Gasteiger partial charge >= 0.3 is 5.97 Å². The van der Waals surface area contributed by atoms with Gasteiger partial charge < -0.3 is 4.74 Å². The lowest BCUT2D eigenvalue weighted by atomic mass is 10.0. The highest BCUT2D eigenvalue weighted by Gasteiger charge is 2.31. The first kappa shape index (κ1) is 24.0. The number of aromatic nitrogens is 1. The molecule has 0 atom stereocenters. The van der Waals surface area contributed by atoms with E-state index in [4.69, 9.17) is 21.6 Å². The van der Waals surface area contributed by atoms with Crippen LogP contribution in [0.5, 0.6) is 0 Å². The number of carbonyl (C=O) groups is 2. The van der Waals surface area contributed by atoms with Crippen molar-refractivity contribution in [3.05, 3.63) is 75.4 Å². The first-order valence-electron chi connectivity index (χ1n) is 10.0. The van der Waals surface area contributed by atoms with E-state index in [1.165, 1.54) is 23.1 Å². The minimum atomic E-state index is -0.391. The Bertz CT molecular complexity index is 1150. The van der Waals surface area contributed by atoms with E-state index in [-0.39, 0.29) is 18.8 Å². The summed E-state index contributed by atoms with van der Waals surface area (Å²) < 4.78 is 8.00. The van der Waals surface area contributed by atoms with E-state index in [0.29, 0.717) is 33.2 Å². The minimum absolute atomic E-state index is 0.0198. The van der Waals surface area contributed by atoms with Crippen LogP contribution in [0.2, 0.25) is 5.02 Å². The average molecular weight is 486 g/mol. The van der Waals surface area contributed by atoms with Gasteiger partial charge in [0.2, 0.25) is 11.5 Å². The number of nitriles is 1. The highest BCUT2D eigenvalue weighted by Crippen LogP contribution is 2.38. The molecule has 0 bridgehead atoms. The number of ketones is 1.